The van der Waals surface area contributed by atoms with Crippen molar-refractivity contribution in [1.82, 2.24) is 0 Å². The van der Waals surface area contributed by atoms with Crippen LogP contribution in [0.1, 0.15) is 128 Å². The standard InChI is InChI=1S/C34H54O3/c1-3-4-5-7-28-10-14-30(15-11-28)31-16-22-33(23-17-31)36-25-6-24-35-32-20-12-29(13-21-32)26-37-34-18-8-27(2)9-19-34/h16-17,22-23,28-30,32,34H,2-15,18-21,24-26H2,1H3. The molecule has 208 valence electrons. The highest BCUT2D eigenvalue weighted by Gasteiger charge is 2.24. The van der Waals surface area contributed by atoms with E-state index in [0.717, 1.165) is 62.6 Å². The first kappa shape index (κ1) is 28.7. The third-order valence-electron chi connectivity index (χ3n) is 9.33. The fraction of sp³-hybridized carbons (Fsp3) is 0.765. The van der Waals surface area contributed by atoms with Crippen molar-refractivity contribution in [3.8, 4) is 5.75 Å². The van der Waals surface area contributed by atoms with E-state index in [-0.39, 0.29) is 0 Å². The predicted octanol–water partition coefficient (Wildman–Crippen LogP) is 9.40. The molecule has 37 heavy (non-hydrogen) atoms. The molecule has 0 saturated heterocycles. The molecule has 3 heteroatoms. The molecule has 0 bridgehead atoms. The highest BCUT2D eigenvalue weighted by atomic mass is 16.5. The average Bonchev–Trinajstić information content (AvgIpc) is 2.94. The lowest BCUT2D eigenvalue weighted by atomic mass is 9.77. The second-order valence-electron chi connectivity index (χ2n) is 12.3. The molecule has 1 aromatic rings. The summed E-state index contributed by atoms with van der Waals surface area (Å²) < 4.78 is 18.4. The van der Waals surface area contributed by atoms with Gasteiger partial charge >= 0.3 is 0 Å². The lowest BCUT2D eigenvalue weighted by molar-refractivity contribution is -0.0225. The largest absolute Gasteiger partial charge is 0.494 e. The Kier molecular flexibility index (Phi) is 12.4. The molecule has 0 atom stereocenters. The number of unbranched alkanes of at least 4 members (excludes halogenated alkanes) is 2. The summed E-state index contributed by atoms with van der Waals surface area (Å²) in [5, 5.41) is 0. The van der Waals surface area contributed by atoms with Crippen molar-refractivity contribution in [3.05, 3.63) is 42.0 Å². The average molecular weight is 511 g/mol. The van der Waals surface area contributed by atoms with Crippen LogP contribution >= 0.6 is 0 Å². The van der Waals surface area contributed by atoms with Crippen LogP contribution in [0.4, 0.5) is 0 Å². The highest BCUT2D eigenvalue weighted by molar-refractivity contribution is 5.29. The first-order valence-corrected chi connectivity index (χ1v) is 15.8. The van der Waals surface area contributed by atoms with Gasteiger partial charge in [0.05, 0.1) is 25.4 Å². The maximum Gasteiger partial charge on any atom is 0.119 e. The van der Waals surface area contributed by atoms with Crippen LogP contribution in [0.15, 0.2) is 36.4 Å². The molecule has 3 aliphatic carbocycles. The first-order chi connectivity index (χ1) is 18.2. The lowest BCUT2D eigenvalue weighted by Gasteiger charge is -2.31. The van der Waals surface area contributed by atoms with Crippen molar-refractivity contribution in [2.75, 3.05) is 19.8 Å². The van der Waals surface area contributed by atoms with Crippen LogP contribution in [-0.4, -0.2) is 32.0 Å². The molecule has 0 radical (unpaired) electrons. The molecule has 0 amide bonds. The number of allylic oxidation sites excluding steroid dienone is 1. The van der Waals surface area contributed by atoms with E-state index < -0.39 is 0 Å². The summed E-state index contributed by atoms with van der Waals surface area (Å²) in [6.45, 7) is 8.89. The quantitative estimate of drug-likeness (QED) is 0.184. The van der Waals surface area contributed by atoms with E-state index in [0.29, 0.717) is 12.2 Å². The van der Waals surface area contributed by atoms with Crippen LogP contribution < -0.4 is 4.74 Å². The zero-order valence-electron chi connectivity index (χ0n) is 23.8. The minimum Gasteiger partial charge on any atom is -0.494 e. The summed E-state index contributed by atoms with van der Waals surface area (Å²) >= 11 is 0. The minimum atomic E-state index is 0.426. The van der Waals surface area contributed by atoms with Crippen molar-refractivity contribution < 1.29 is 14.2 Å². The molecule has 1 aromatic carbocycles. The van der Waals surface area contributed by atoms with Gasteiger partial charge in [-0.25, -0.2) is 0 Å². The Hall–Kier alpha value is -1.32. The number of ether oxygens (including phenoxy) is 3. The van der Waals surface area contributed by atoms with Gasteiger partial charge in [0, 0.05) is 13.0 Å². The second-order valence-corrected chi connectivity index (χ2v) is 12.3. The Bertz CT molecular complexity index is 746. The van der Waals surface area contributed by atoms with Crippen LogP contribution in [0.25, 0.3) is 0 Å². The Morgan fingerprint density at radius 1 is 0.703 bits per heavy atom. The summed E-state index contributed by atoms with van der Waals surface area (Å²) in [7, 11) is 0. The number of hydrogen-bond acceptors (Lipinski definition) is 3. The van der Waals surface area contributed by atoms with Crippen LogP contribution in [0.5, 0.6) is 5.75 Å². The molecule has 3 saturated carbocycles. The van der Waals surface area contributed by atoms with E-state index in [1.165, 1.54) is 101 Å². The monoisotopic (exact) mass is 510 g/mol. The van der Waals surface area contributed by atoms with Crippen LogP contribution in [-0.2, 0) is 9.47 Å². The Balaban J connectivity index is 1.02. The van der Waals surface area contributed by atoms with Crippen molar-refractivity contribution >= 4 is 0 Å². The molecule has 3 fully saturated rings. The van der Waals surface area contributed by atoms with E-state index in [2.05, 4.69) is 37.8 Å². The van der Waals surface area contributed by atoms with Crippen molar-refractivity contribution in [1.29, 1.82) is 0 Å². The molecule has 0 unspecified atom stereocenters. The molecule has 0 aliphatic heterocycles. The van der Waals surface area contributed by atoms with E-state index in [4.69, 9.17) is 14.2 Å². The topological polar surface area (TPSA) is 27.7 Å². The Morgan fingerprint density at radius 2 is 1.38 bits per heavy atom. The molecule has 0 N–H and O–H groups in total. The first-order valence-electron chi connectivity index (χ1n) is 15.8. The zero-order valence-corrected chi connectivity index (χ0v) is 23.8. The summed E-state index contributed by atoms with van der Waals surface area (Å²) in [6.07, 6.45) is 22.5. The highest BCUT2D eigenvalue weighted by Crippen LogP contribution is 2.38. The van der Waals surface area contributed by atoms with E-state index in [1.54, 1.807) is 0 Å². The zero-order chi connectivity index (χ0) is 25.7. The maximum absolute atomic E-state index is 6.22. The molecule has 0 heterocycles. The summed E-state index contributed by atoms with van der Waals surface area (Å²) in [5.41, 5.74) is 2.91. The van der Waals surface area contributed by atoms with Gasteiger partial charge in [-0.2, -0.15) is 0 Å². The van der Waals surface area contributed by atoms with Gasteiger partial charge in [-0.1, -0.05) is 56.9 Å². The van der Waals surface area contributed by atoms with E-state index in [9.17, 15) is 0 Å². The third-order valence-corrected chi connectivity index (χ3v) is 9.33. The normalized spacial score (nSPS) is 27.3. The van der Waals surface area contributed by atoms with E-state index in [1.807, 2.05) is 0 Å². The number of benzene rings is 1. The number of rotatable bonds is 14. The van der Waals surface area contributed by atoms with Crippen LogP contribution in [0.2, 0.25) is 0 Å². The van der Waals surface area contributed by atoms with E-state index >= 15 is 0 Å². The Morgan fingerprint density at radius 3 is 2.08 bits per heavy atom. The second kappa shape index (κ2) is 15.9. The molecular weight excluding hydrogens is 456 g/mol. The van der Waals surface area contributed by atoms with Gasteiger partial charge < -0.3 is 14.2 Å². The maximum atomic E-state index is 6.22. The van der Waals surface area contributed by atoms with Gasteiger partial charge in [-0.3, -0.25) is 0 Å². The molecule has 4 rings (SSSR count). The lowest BCUT2D eigenvalue weighted by Crippen LogP contribution is -2.27. The van der Waals surface area contributed by atoms with Crippen molar-refractivity contribution in [3.63, 3.8) is 0 Å². The van der Waals surface area contributed by atoms with Gasteiger partial charge in [0.25, 0.3) is 0 Å². The molecule has 3 nitrogen and oxygen atoms in total. The SMILES string of the molecule is C=C1CCC(OCC2CCC(OCCCOc3ccc(C4CCC(CCCCC)CC4)cc3)CC2)CC1. The van der Waals surface area contributed by atoms with Gasteiger partial charge in [-0.15, -0.1) is 0 Å². The summed E-state index contributed by atoms with van der Waals surface area (Å²) in [6, 6.07) is 8.97. The molecular formula is C34H54O3. The molecule has 0 aromatic heterocycles. The fourth-order valence-corrected chi connectivity index (χ4v) is 6.71. The molecule has 0 spiro atoms. The fourth-order valence-electron chi connectivity index (χ4n) is 6.71. The summed E-state index contributed by atoms with van der Waals surface area (Å²) in [4.78, 5) is 0. The Labute approximate surface area is 227 Å². The van der Waals surface area contributed by atoms with Gasteiger partial charge in [0.2, 0.25) is 0 Å². The van der Waals surface area contributed by atoms with Crippen molar-refractivity contribution in [2.24, 2.45) is 11.8 Å². The number of hydrogen-bond donors (Lipinski definition) is 0. The predicted molar refractivity (Wildman–Crippen MR) is 154 cm³/mol. The van der Waals surface area contributed by atoms with Gasteiger partial charge in [-0.05, 0) is 112 Å². The molecule has 3 aliphatic rings. The van der Waals surface area contributed by atoms with Gasteiger partial charge in [0.1, 0.15) is 5.75 Å². The minimum absolute atomic E-state index is 0.426. The van der Waals surface area contributed by atoms with Crippen LogP contribution in [0, 0.1) is 11.8 Å². The smallest absolute Gasteiger partial charge is 0.119 e. The summed E-state index contributed by atoms with van der Waals surface area (Å²) in [5.74, 6) is 3.45. The van der Waals surface area contributed by atoms with Crippen molar-refractivity contribution in [2.45, 2.75) is 134 Å². The third kappa shape index (κ3) is 10.1. The van der Waals surface area contributed by atoms with Gasteiger partial charge in [0.15, 0.2) is 0 Å². The van der Waals surface area contributed by atoms with Crippen LogP contribution in [0.3, 0.4) is 0 Å².